The van der Waals surface area contributed by atoms with Crippen molar-refractivity contribution in [1.82, 2.24) is 0 Å². The van der Waals surface area contributed by atoms with Crippen LogP contribution in [0.25, 0.3) is 0 Å². The molecule has 3 unspecified atom stereocenters. The Bertz CT molecular complexity index is 880. The van der Waals surface area contributed by atoms with E-state index in [1.165, 1.54) is 16.7 Å². The maximum atomic E-state index is 11.5. The van der Waals surface area contributed by atoms with Crippen molar-refractivity contribution in [1.29, 1.82) is 0 Å². The number of rotatable bonds is 3. The largest absolute Gasteiger partial charge is 0.478 e. The Morgan fingerprint density at radius 1 is 1.15 bits per heavy atom. The SMILES string of the molecule is Cc1c(C(=O)O)ccc2c1NC(c1ccc(C(C)C)cc1)C1CC=CC21. The summed E-state index contributed by atoms with van der Waals surface area (Å²) in [6.07, 6.45) is 5.61. The number of allylic oxidation sites excluding steroid dienone is 2. The molecule has 2 N–H and O–H groups in total. The Morgan fingerprint density at radius 2 is 1.88 bits per heavy atom. The van der Waals surface area contributed by atoms with Gasteiger partial charge in [0.1, 0.15) is 0 Å². The van der Waals surface area contributed by atoms with Gasteiger partial charge in [0.15, 0.2) is 0 Å². The number of fused-ring (bicyclic) bond motifs is 3. The number of hydrogen-bond donors (Lipinski definition) is 2. The fourth-order valence-corrected chi connectivity index (χ4v) is 4.46. The van der Waals surface area contributed by atoms with Crippen molar-refractivity contribution in [3.63, 3.8) is 0 Å². The molecule has 26 heavy (non-hydrogen) atoms. The van der Waals surface area contributed by atoms with Crippen molar-refractivity contribution in [2.45, 2.75) is 45.1 Å². The first-order chi connectivity index (χ1) is 12.5. The number of benzene rings is 2. The Kier molecular flexibility index (Phi) is 4.10. The zero-order valence-electron chi connectivity index (χ0n) is 15.5. The second-order valence-electron chi connectivity index (χ2n) is 7.80. The van der Waals surface area contributed by atoms with Gasteiger partial charge in [-0.25, -0.2) is 4.79 Å². The summed E-state index contributed by atoms with van der Waals surface area (Å²) in [5, 5.41) is 13.2. The minimum atomic E-state index is -0.867. The molecule has 2 aliphatic rings. The average Bonchev–Trinajstić information content (AvgIpc) is 3.11. The Labute approximate surface area is 154 Å². The van der Waals surface area contributed by atoms with Crippen molar-refractivity contribution < 1.29 is 9.90 Å². The molecule has 2 aromatic rings. The van der Waals surface area contributed by atoms with Crippen LogP contribution in [-0.2, 0) is 0 Å². The van der Waals surface area contributed by atoms with E-state index in [9.17, 15) is 9.90 Å². The number of anilines is 1. The molecular formula is C23H25NO2. The van der Waals surface area contributed by atoms with Gasteiger partial charge in [0.2, 0.25) is 0 Å². The van der Waals surface area contributed by atoms with E-state index in [0.717, 1.165) is 17.7 Å². The quantitative estimate of drug-likeness (QED) is 0.706. The number of carboxylic acids is 1. The molecule has 3 heteroatoms. The van der Waals surface area contributed by atoms with E-state index in [2.05, 4.69) is 55.6 Å². The van der Waals surface area contributed by atoms with Gasteiger partial charge in [0.25, 0.3) is 0 Å². The maximum absolute atomic E-state index is 11.5. The monoisotopic (exact) mass is 347 g/mol. The molecule has 0 spiro atoms. The van der Waals surface area contributed by atoms with Gasteiger partial charge in [-0.3, -0.25) is 0 Å². The van der Waals surface area contributed by atoms with Crippen LogP contribution in [0.4, 0.5) is 5.69 Å². The maximum Gasteiger partial charge on any atom is 0.336 e. The number of aromatic carboxylic acids is 1. The molecule has 0 bridgehead atoms. The lowest BCUT2D eigenvalue weighted by atomic mass is 9.75. The van der Waals surface area contributed by atoms with Crippen molar-refractivity contribution in [2.24, 2.45) is 5.92 Å². The van der Waals surface area contributed by atoms with E-state index in [-0.39, 0.29) is 6.04 Å². The number of hydrogen-bond acceptors (Lipinski definition) is 2. The van der Waals surface area contributed by atoms with E-state index in [1.807, 2.05) is 13.0 Å². The van der Waals surface area contributed by atoms with Gasteiger partial charge < -0.3 is 10.4 Å². The third kappa shape index (κ3) is 2.63. The fraction of sp³-hybridized carbons (Fsp3) is 0.348. The average molecular weight is 347 g/mol. The summed E-state index contributed by atoms with van der Waals surface area (Å²) in [5.41, 5.74) is 6.05. The molecule has 0 fully saturated rings. The third-order valence-electron chi connectivity index (χ3n) is 5.99. The number of carbonyl (C=O) groups is 1. The Hall–Kier alpha value is -2.55. The van der Waals surface area contributed by atoms with Crippen LogP contribution < -0.4 is 5.32 Å². The van der Waals surface area contributed by atoms with Crippen LogP contribution in [0.2, 0.25) is 0 Å². The fourth-order valence-electron chi connectivity index (χ4n) is 4.46. The first kappa shape index (κ1) is 16.9. The summed E-state index contributed by atoms with van der Waals surface area (Å²) in [5.74, 6) is 0.476. The lowest BCUT2D eigenvalue weighted by molar-refractivity contribution is 0.0696. The Balaban J connectivity index is 1.77. The van der Waals surface area contributed by atoms with Crippen LogP contribution in [0, 0.1) is 12.8 Å². The summed E-state index contributed by atoms with van der Waals surface area (Å²) in [6, 6.07) is 12.8. The minimum Gasteiger partial charge on any atom is -0.478 e. The molecule has 0 amide bonds. The zero-order chi connectivity index (χ0) is 18.4. The Morgan fingerprint density at radius 3 is 2.54 bits per heavy atom. The summed E-state index contributed by atoms with van der Waals surface area (Å²) < 4.78 is 0. The minimum absolute atomic E-state index is 0.200. The van der Waals surface area contributed by atoms with Crippen LogP contribution in [0.3, 0.4) is 0 Å². The van der Waals surface area contributed by atoms with Crippen molar-refractivity contribution in [3.05, 3.63) is 76.4 Å². The summed E-state index contributed by atoms with van der Waals surface area (Å²) in [4.78, 5) is 11.5. The van der Waals surface area contributed by atoms with E-state index in [1.54, 1.807) is 6.07 Å². The van der Waals surface area contributed by atoms with Crippen LogP contribution in [0.15, 0.2) is 48.6 Å². The summed E-state index contributed by atoms with van der Waals surface area (Å²) >= 11 is 0. The number of nitrogens with one attached hydrogen (secondary N) is 1. The molecule has 3 atom stereocenters. The highest BCUT2D eigenvalue weighted by molar-refractivity contribution is 5.92. The van der Waals surface area contributed by atoms with E-state index in [4.69, 9.17) is 0 Å². The molecular weight excluding hydrogens is 322 g/mol. The highest BCUT2D eigenvalue weighted by atomic mass is 16.4. The van der Waals surface area contributed by atoms with E-state index >= 15 is 0 Å². The van der Waals surface area contributed by atoms with Gasteiger partial charge in [-0.1, -0.05) is 56.3 Å². The molecule has 0 aromatic heterocycles. The zero-order valence-corrected chi connectivity index (χ0v) is 15.5. The van der Waals surface area contributed by atoms with Gasteiger partial charge in [0.05, 0.1) is 11.6 Å². The first-order valence-corrected chi connectivity index (χ1v) is 9.37. The summed E-state index contributed by atoms with van der Waals surface area (Å²) in [6.45, 7) is 6.32. The van der Waals surface area contributed by atoms with Gasteiger partial charge >= 0.3 is 5.97 Å². The van der Waals surface area contributed by atoms with Crippen molar-refractivity contribution >= 4 is 11.7 Å². The number of carboxylic acid groups (broad SMARTS) is 1. The molecule has 0 radical (unpaired) electrons. The second-order valence-corrected chi connectivity index (χ2v) is 7.80. The molecule has 3 nitrogen and oxygen atoms in total. The normalized spacial score (nSPS) is 23.5. The van der Waals surface area contributed by atoms with Gasteiger partial charge in [-0.15, -0.1) is 0 Å². The van der Waals surface area contributed by atoms with Crippen LogP contribution in [0.5, 0.6) is 0 Å². The lowest BCUT2D eigenvalue weighted by Gasteiger charge is -2.38. The third-order valence-corrected chi connectivity index (χ3v) is 5.99. The standard InChI is InChI=1S/C23H25NO2/c1-13(2)15-7-9-16(10-8-15)22-19-6-4-5-18(19)20-12-11-17(23(25)26)14(3)21(20)24-22/h4-5,7-13,18-19,22,24H,6H2,1-3H3,(H,25,26). The van der Waals surface area contributed by atoms with Crippen LogP contribution in [0.1, 0.15) is 70.8 Å². The molecule has 1 aliphatic heterocycles. The van der Waals surface area contributed by atoms with Gasteiger partial charge in [-0.05, 0) is 53.5 Å². The van der Waals surface area contributed by atoms with Crippen LogP contribution in [-0.4, -0.2) is 11.1 Å². The predicted molar refractivity (Wildman–Crippen MR) is 105 cm³/mol. The molecule has 1 aliphatic carbocycles. The predicted octanol–water partition coefficient (Wildman–Crippen LogP) is 5.64. The highest BCUT2D eigenvalue weighted by Gasteiger charge is 2.38. The molecule has 1 heterocycles. The molecule has 4 rings (SSSR count). The second kappa shape index (κ2) is 6.31. The van der Waals surface area contributed by atoms with Gasteiger partial charge in [0, 0.05) is 11.6 Å². The topological polar surface area (TPSA) is 49.3 Å². The smallest absolute Gasteiger partial charge is 0.336 e. The highest BCUT2D eigenvalue weighted by Crippen LogP contribution is 2.51. The first-order valence-electron chi connectivity index (χ1n) is 9.37. The van der Waals surface area contributed by atoms with Crippen LogP contribution >= 0.6 is 0 Å². The molecule has 0 saturated heterocycles. The summed E-state index contributed by atoms with van der Waals surface area (Å²) in [7, 11) is 0. The van der Waals surface area contributed by atoms with Gasteiger partial charge in [-0.2, -0.15) is 0 Å². The van der Waals surface area contributed by atoms with E-state index in [0.29, 0.717) is 23.3 Å². The lowest BCUT2D eigenvalue weighted by Crippen LogP contribution is -2.30. The van der Waals surface area contributed by atoms with Crippen molar-refractivity contribution in [2.75, 3.05) is 5.32 Å². The molecule has 0 saturated carbocycles. The molecule has 2 aromatic carbocycles. The van der Waals surface area contributed by atoms with Crippen molar-refractivity contribution in [3.8, 4) is 0 Å². The molecule has 134 valence electrons. The van der Waals surface area contributed by atoms with E-state index < -0.39 is 5.97 Å².